The van der Waals surface area contributed by atoms with Crippen molar-refractivity contribution in [3.8, 4) is 5.75 Å². The molecule has 0 radical (unpaired) electrons. The van der Waals surface area contributed by atoms with Crippen LogP contribution in [0.4, 0.5) is 0 Å². The van der Waals surface area contributed by atoms with Crippen LogP contribution in [0.5, 0.6) is 5.75 Å². The highest BCUT2D eigenvalue weighted by molar-refractivity contribution is 5.86. The average molecular weight is 279 g/mol. The largest absolute Gasteiger partial charge is 0.483 e. The van der Waals surface area contributed by atoms with Gasteiger partial charge in [-0.2, -0.15) is 0 Å². The fourth-order valence-electron chi connectivity index (χ4n) is 1.40. The number of para-hydroxylation sites is 1. The number of methoxy groups -OCH3 is 1. The van der Waals surface area contributed by atoms with Gasteiger partial charge < -0.3 is 19.9 Å². The first-order valence-electron chi connectivity index (χ1n) is 6.02. The molecule has 1 aromatic rings. The van der Waals surface area contributed by atoms with Gasteiger partial charge in [0, 0.05) is 25.3 Å². The van der Waals surface area contributed by atoms with Gasteiger partial charge in [-0.1, -0.05) is 18.2 Å². The third-order valence-electron chi connectivity index (χ3n) is 2.31. The minimum atomic E-state index is -1.04. The van der Waals surface area contributed by atoms with Gasteiger partial charge in [0.1, 0.15) is 5.75 Å². The van der Waals surface area contributed by atoms with Crippen molar-refractivity contribution in [2.24, 2.45) is 0 Å². The molecular formula is C14H17NO5. The van der Waals surface area contributed by atoms with E-state index in [0.29, 0.717) is 24.5 Å². The summed E-state index contributed by atoms with van der Waals surface area (Å²) in [5.41, 5.74) is 0.597. The van der Waals surface area contributed by atoms with E-state index in [1.807, 2.05) is 0 Å². The summed E-state index contributed by atoms with van der Waals surface area (Å²) >= 11 is 0. The molecule has 0 fully saturated rings. The van der Waals surface area contributed by atoms with E-state index in [4.69, 9.17) is 14.6 Å². The Labute approximate surface area is 117 Å². The minimum absolute atomic E-state index is 0.137. The fourth-order valence-corrected chi connectivity index (χ4v) is 1.40. The van der Waals surface area contributed by atoms with Crippen LogP contribution >= 0.6 is 0 Å². The summed E-state index contributed by atoms with van der Waals surface area (Å²) in [7, 11) is 1.55. The van der Waals surface area contributed by atoms with E-state index in [1.165, 1.54) is 6.08 Å². The van der Waals surface area contributed by atoms with Crippen LogP contribution in [0.1, 0.15) is 5.56 Å². The normalized spacial score (nSPS) is 10.4. The zero-order chi connectivity index (χ0) is 14.8. The second-order valence-corrected chi connectivity index (χ2v) is 3.84. The Kier molecular flexibility index (Phi) is 6.84. The van der Waals surface area contributed by atoms with Crippen LogP contribution in [-0.2, 0) is 14.3 Å². The number of benzene rings is 1. The average Bonchev–Trinajstić information content (AvgIpc) is 2.44. The number of aliphatic carboxylic acids is 1. The van der Waals surface area contributed by atoms with Crippen LogP contribution in [-0.4, -0.2) is 43.9 Å². The van der Waals surface area contributed by atoms with Crippen LogP contribution < -0.4 is 10.1 Å². The van der Waals surface area contributed by atoms with Gasteiger partial charge >= 0.3 is 5.97 Å². The van der Waals surface area contributed by atoms with Crippen molar-refractivity contribution in [2.75, 3.05) is 26.9 Å². The Morgan fingerprint density at radius 3 is 2.80 bits per heavy atom. The molecule has 20 heavy (non-hydrogen) atoms. The topological polar surface area (TPSA) is 84.9 Å². The van der Waals surface area contributed by atoms with E-state index in [1.54, 1.807) is 31.4 Å². The molecule has 0 aliphatic rings. The number of carboxylic acid groups (broad SMARTS) is 1. The maximum Gasteiger partial charge on any atom is 0.328 e. The number of carbonyl (C=O) groups excluding carboxylic acids is 1. The third-order valence-corrected chi connectivity index (χ3v) is 2.31. The number of carboxylic acids is 1. The molecule has 0 atom stereocenters. The van der Waals surface area contributed by atoms with Gasteiger partial charge in [-0.25, -0.2) is 4.79 Å². The fraction of sp³-hybridized carbons (Fsp3) is 0.286. The number of carbonyl (C=O) groups is 2. The number of nitrogens with one attached hydrogen (secondary N) is 1. The summed E-state index contributed by atoms with van der Waals surface area (Å²) in [6.45, 7) is 0.713. The molecular weight excluding hydrogens is 262 g/mol. The molecule has 0 aromatic heterocycles. The molecule has 0 aliphatic carbocycles. The minimum Gasteiger partial charge on any atom is -0.483 e. The second kappa shape index (κ2) is 8.71. The number of amides is 1. The van der Waals surface area contributed by atoms with E-state index in [9.17, 15) is 9.59 Å². The predicted octanol–water partition coefficient (Wildman–Crippen LogP) is 0.926. The lowest BCUT2D eigenvalue weighted by Gasteiger charge is -2.09. The SMILES string of the molecule is COCCNC(=O)COc1ccccc1C=CC(=O)O. The molecule has 0 aliphatic heterocycles. The van der Waals surface area contributed by atoms with Gasteiger partial charge in [-0.3, -0.25) is 4.79 Å². The lowest BCUT2D eigenvalue weighted by Crippen LogP contribution is -2.31. The van der Waals surface area contributed by atoms with Crippen molar-refractivity contribution in [2.45, 2.75) is 0 Å². The molecule has 0 spiro atoms. The highest BCUT2D eigenvalue weighted by atomic mass is 16.5. The molecule has 0 heterocycles. The maximum atomic E-state index is 11.5. The van der Waals surface area contributed by atoms with Crippen molar-refractivity contribution in [3.63, 3.8) is 0 Å². The van der Waals surface area contributed by atoms with Crippen LogP contribution in [0.3, 0.4) is 0 Å². The maximum absolute atomic E-state index is 11.5. The van der Waals surface area contributed by atoms with Crippen LogP contribution in [0.2, 0.25) is 0 Å². The summed E-state index contributed by atoms with van der Waals surface area (Å²) in [5, 5.41) is 11.2. The molecule has 6 heteroatoms. The Hall–Kier alpha value is -2.34. The Morgan fingerprint density at radius 2 is 2.10 bits per heavy atom. The summed E-state index contributed by atoms with van der Waals surface area (Å²) in [6, 6.07) is 6.88. The van der Waals surface area contributed by atoms with Crippen molar-refractivity contribution >= 4 is 18.0 Å². The van der Waals surface area contributed by atoms with Gasteiger partial charge in [0.25, 0.3) is 5.91 Å². The van der Waals surface area contributed by atoms with Gasteiger partial charge in [0.2, 0.25) is 0 Å². The zero-order valence-electron chi connectivity index (χ0n) is 11.2. The number of rotatable bonds is 8. The highest BCUT2D eigenvalue weighted by Gasteiger charge is 2.04. The van der Waals surface area contributed by atoms with E-state index < -0.39 is 5.97 Å². The lowest BCUT2D eigenvalue weighted by molar-refractivity contribution is -0.131. The number of ether oxygens (including phenoxy) is 2. The predicted molar refractivity (Wildman–Crippen MR) is 73.5 cm³/mol. The molecule has 2 N–H and O–H groups in total. The Bertz CT molecular complexity index is 484. The molecule has 108 valence electrons. The molecule has 0 bridgehead atoms. The van der Waals surface area contributed by atoms with E-state index >= 15 is 0 Å². The standard InChI is InChI=1S/C14H17NO5/c1-19-9-8-15-13(16)10-20-12-5-3-2-4-11(12)6-7-14(17)18/h2-7H,8-10H2,1H3,(H,15,16)(H,17,18). The summed E-state index contributed by atoms with van der Waals surface area (Å²) in [6.07, 6.45) is 2.43. The van der Waals surface area contributed by atoms with Crippen molar-refractivity contribution in [3.05, 3.63) is 35.9 Å². The summed E-state index contributed by atoms with van der Waals surface area (Å²) in [4.78, 5) is 22.0. The first-order valence-corrected chi connectivity index (χ1v) is 6.02. The van der Waals surface area contributed by atoms with Gasteiger partial charge in [0.15, 0.2) is 6.61 Å². The quantitative estimate of drug-likeness (QED) is 0.546. The van der Waals surface area contributed by atoms with Crippen LogP contribution in [0.25, 0.3) is 6.08 Å². The van der Waals surface area contributed by atoms with Crippen LogP contribution in [0.15, 0.2) is 30.3 Å². The van der Waals surface area contributed by atoms with Crippen molar-refractivity contribution in [1.82, 2.24) is 5.32 Å². The second-order valence-electron chi connectivity index (χ2n) is 3.84. The first kappa shape index (κ1) is 15.7. The van der Waals surface area contributed by atoms with E-state index in [2.05, 4.69) is 5.32 Å². The number of hydrogen-bond acceptors (Lipinski definition) is 4. The van der Waals surface area contributed by atoms with E-state index in [0.717, 1.165) is 6.08 Å². The Morgan fingerprint density at radius 1 is 1.35 bits per heavy atom. The molecule has 1 rings (SSSR count). The molecule has 0 saturated heterocycles. The van der Waals surface area contributed by atoms with Gasteiger partial charge in [-0.15, -0.1) is 0 Å². The summed E-state index contributed by atoms with van der Waals surface area (Å²) in [5.74, 6) is -0.858. The van der Waals surface area contributed by atoms with Crippen molar-refractivity contribution in [1.29, 1.82) is 0 Å². The Balaban J connectivity index is 2.55. The van der Waals surface area contributed by atoms with Gasteiger partial charge in [-0.05, 0) is 12.1 Å². The molecule has 1 aromatic carbocycles. The monoisotopic (exact) mass is 279 g/mol. The zero-order valence-corrected chi connectivity index (χ0v) is 11.2. The van der Waals surface area contributed by atoms with Crippen LogP contribution in [0, 0.1) is 0 Å². The highest BCUT2D eigenvalue weighted by Crippen LogP contribution is 2.19. The molecule has 0 unspecified atom stereocenters. The molecule has 6 nitrogen and oxygen atoms in total. The third kappa shape index (κ3) is 6.01. The smallest absolute Gasteiger partial charge is 0.328 e. The van der Waals surface area contributed by atoms with Gasteiger partial charge in [0.05, 0.1) is 6.61 Å². The first-order chi connectivity index (χ1) is 9.63. The van der Waals surface area contributed by atoms with E-state index in [-0.39, 0.29) is 12.5 Å². The summed E-state index contributed by atoms with van der Waals surface area (Å²) < 4.78 is 10.2. The lowest BCUT2D eigenvalue weighted by atomic mass is 10.2. The molecule has 0 saturated carbocycles. The molecule has 1 amide bonds. The number of hydrogen-bond donors (Lipinski definition) is 2. The van der Waals surface area contributed by atoms with Crippen molar-refractivity contribution < 1.29 is 24.2 Å².